The SMILES string of the molecule is CC=C(C)C(=O)OC1CC2C(CC=C3CC(O[C@H]4C[C@@H](OC)[C@H](O[C@H]5C[C@@H](OC)[C@H](O[C@H]6C[C@@H](OC)[C@H](O[C@H]7C[C@@H](OC)[C@H](O)C(C)O7)C(C)O6)C(C)O5)C(C)O4)CCC32C)C2(O)CCC(C(C)=O)C12C. The van der Waals surface area contributed by atoms with Crippen LogP contribution < -0.4 is 0 Å². The maximum absolute atomic E-state index is 13.4. The number of methoxy groups -OCH3 is 4. The Labute approximate surface area is 421 Å². The minimum Gasteiger partial charge on any atom is -0.458 e. The highest BCUT2D eigenvalue weighted by atomic mass is 16.8. The fourth-order valence-electron chi connectivity index (χ4n) is 14.4. The van der Waals surface area contributed by atoms with Gasteiger partial charge in [0.15, 0.2) is 25.2 Å². The first-order valence-corrected chi connectivity index (χ1v) is 26.5. The number of ketones is 1. The Hall–Kier alpha value is -1.94. The number of ether oxygens (including phenoxy) is 13. The summed E-state index contributed by atoms with van der Waals surface area (Å²) in [5.41, 5.74) is -0.429. The van der Waals surface area contributed by atoms with Gasteiger partial charge in [0.2, 0.25) is 0 Å². The van der Waals surface area contributed by atoms with Crippen molar-refractivity contribution in [3.8, 4) is 0 Å². The molecule has 0 radical (unpaired) electrons. The number of allylic oxidation sites excluding steroid dienone is 2. The molecule has 7 fully saturated rings. The summed E-state index contributed by atoms with van der Waals surface area (Å²) in [7, 11) is 6.56. The maximum atomic E-state index is 13.4. The number of carbonyl (C=O) groups is 2. The highest BCUT2D eigenvalue weighted by Gasteiger charge is 2.71. The molecule has 404 valence electrons. The number of fused-ring (bicyclic) bond motifs is 5. The standard InChI is InChI=1S/C54H86O17/c1-14-27(2)51(57)68-42-22-37-36(54(58)20-18-35(28(3)55)53(42,54)9)16-15-33-21-34(17-19-52(33,37)8)67-43-24-39(60-11)48(30(5)64-43)70-45-26-41(62-13)50(32(7)66-45)71-46-25-40(61-12)49(31(6)65-46)69-44-23-38(59-10)47(56)29(4)63-44/h14-15,29-32,34-50,56,58H,16-26H2,1-13H3/t29?,30?,31?,32?,34?,35?,36?,37?,38-,39-,40-,41-,42?,43+,44+,45+,46+,47-,48-,49-,50-,52?,53?,54?/m1/s1. The molecular weight excluding hydrogens is 921 g/mol. The Morgan fingerprint density at radius 2 is 1.14 bits per heavy atom. The number of carbonyl (C=O) groups excluding carboxylic acids is 2. The summed E-state index contributed by atoms with van der Waals surface area (Å²) >= 11 is 0. The van der Waals surface area contributed by atoms with Gasteiger partial charge in [-0.05, 0) is 111 Å². The van der Waals surface area contributed by atoms with Gasteiger partial charge in [-0.25, -0.2) is 4.79 Å². The van der Waals surface area contributed by atoms with Gasteiger partial charge in [-0.15, -0.1) is 0 Å². The van der Waals surface area contributed by atoms with Gasteiger partial charge in [0, 0.05) is 71.0 Å². The molecule has 0 spiro atoms. The van der Waals surface area contributed by atoms with Crippen molar-refractivity contribution in [2.24, 2.45) is 28.6 Å². The van der Waals surface area contributed by atoms with Crippen molar-refractivity contribution in [2.45, 2.75) is 249 Å². The summed E-state index contributed by atoms with van der Waals surface area (Å²) in [5, 5.41) is 23.3. The van der Waals surface area contributed by atoms with Crippen LogP contribution in [0.5, 0.6) is 0 Å². The highest BCUT2D eigenvalue weighted by Crippen LogP contribution is 2.68. The third-order valence-electron chi connectivity index (χ3n) is 18.8. The predicted molar refractivity (Wildman–Crippen MR) is 257 cm³/mol. The Morgan fingerprint density at radius 3 is 1.62 bits per heavy atom. The molecule has 0 amide bonds. The van der Waals surface area contributed by atoms with Crippen molar-refractivity contribution in [1.82, 2.24) is 0 Å². The first kappa shape index (κ1) is 55.3. The van der Waals surface area contributed by atoms with Crippen LogP contribution in [-0.2, 0) is 71.2 Å². The van der Waals surface area contributed by atoms with Gasteiger partial charge < -0.3 is 71.8 Å². The topological polar surface area (TPSA) is 195 Å². The Kier molecular flexibility index (Phi) is 17.4. The molecule has 4 aliphatic carbocycles. The molecule has 0 aromatic rings. The smallest absolute Gasteiger partial charge is 0.333 e. The van der Waals surface area contributed by atoms with Gasteiger partial charge in [0.1, 0.15) is 36.3 Å². The van der Waals surface area contributed by atoms with E-state index >= 15 is 0 Å². The minimum absolute atomic E-state index is 0.0422. The van der Waals surface area contributed by atoms with Crippen LogP contribution in [0.1, 0.15) is 133 Å². The van der Waals surface area contributed by atoms with Gasteiger partial charge in [0.25, 0.3) is 0 Å². The Balaban J connectivity index is 0.855. The first-order chi connectivity index (χ1) is 33.7. The molecule has 71 heavy (non-hydrogen) atoms. The number of aliphatic hydroxyl groups excluding tert-OH is 1. The van der Waals surface area contributed by atoms with E-state index in [1.165, 1.54) is 5.57 Å². The van der Waals surface area contributed by atoms with E-state index < -0.39 is 91.1 Å². The molecule has 0 bridgehead atoms. The molecule has 3 saturated carbocycles. The van der Waals surface area contributed by atoms with Crippen LogP contribution >= 0.6 is 0 Å². The van der Waals surface area contributed by atoms with Crippen LogP contribution in [0.4, 0.5) is 0 Å². The fraction of sp³-hybridized carbons (Fsp3) is 0.889. The summed E-state index contributed by atoms with van der Waals surface area (Å²) < 4.78 is 81.8. The summed E-state index contributed by atoms with van der Waals surface area (Å²) in [6.07, 6.45) is 2.27. The molecule has 2 N–H and O–H groups in total. The van der Waals surface area contributed by atoms with Gasteiger partial charge in [-0.2, -0.15) is 0 Å². The zero-order valence-corrected chi connectivity index (χ0v) is 44.6. The molecule has 4 saturated heterocycles. The third-order valence-corrected chi connectivity index (χ3v) is 18.8. The van der Waals surface area contributed by atoms with Crippen molar-refractivity contribution < 1.29 is 81.4 Å². The molecule has 17 nitrogen and oxygen atoms in total. The number of rotatable bonds is 15. The summed E-state index contributed by atoms with van der Waals surface area (Å²) in [6.45, 7) is 17.1. The molecule has 4 aliphatic heterocycles. The van der Waals surface area contributed by atoms with Gasteiger partial charge in [0.05, 0.1) is 60.5 Å². The fourth-order valence-corrected chi connectivity index (χ4v) is 14.4. The van der Waals surface area contributed by atoms with Gasteiger partial charge in [-0.3, -0.25) is 4.79 Å². The van der Waals surface area contributed by atoms with Crippen molar-refractivity contribution in [3.63, 3.8) is 0 Å². The first-order valence-electron chi connectivity index (χ1n) is 26.5. The van der Waals surface area contributed by atoms with Crippen molar-refractivity contribution in [2.75, 3.05) is 28.4 Å². The summed E-state index contributed by atoms with van der Waals surface area (Å²) in [4.78, 5) is 26.5. The lowest BCUT2D eigenvalue weighted by atomic mass is 9.45. The number of Topliss-reactive ketones (excluding diaryl/α,β-unsaturated/α-hetero) is 1. The van der Waals surface area contributed by atoms with E-state index in [0.29, 0.717) is 56.9 Å². The second kappa shape index (κ2) is 22.3. The normalized spacial score (nSPS) is 49.3. The summed E-state index contributed by atoms with van der Waals surface area (Å²) in [6, 6.07) is 0. The lowest BCUT2D eigenvalue weighted by Crippen LogP contribution is -2.66. The molecular formula is C54H86O17. The predicted octanol–water partition coefficient (Wildman–Crippen LogP) is 6.26. The summed E-state index contributed by atoms with van der Waals surface area (Å²) in [5.74, 6) is -0.718. The van der Waals surface area contributed by atoms with E-state index in [1.54, 1.807) is 55.3 Å². The molecule has 8 aliphatic rings. The van der Waals surface area contributed by atoms with E-state index in [-0.39, 0.29) is 65.4 Å². The largest absolute Gasteiger partial charge is 0.458 e. The lowest BCUT2D eigenvalue weighted by Gasteiger charge is -2.63. The van der Waals surface area contributed by atoms with Crippen LogP contribution in [0, 0.1) is 28.6 Å². The molecule has 0 aromatic carbocycles. The van der Waals surface area contributed by atoms with E-state index in [1.807, 2.05) is 34.6 Å². The zero-order chi connectivity index (χ0) is 51.3. The highest BCUT2D eigenvalue weighted by molar-refractivity contribution is 5.88. The van der Waals surface area contributed by atoms with E-state index in [0.717, 1.165) is 19.3 Å². The van der Waals surface area contributed by atoms with Crippen molar-refractivity contribution >= 4 is 11.8 Å². The maximum Gasteiger partial charge on any atom is 0.333 e. The molecule has 17 heteroatoms. The molecule has 12 unspecified atom stereocenters. The van der Waals surface area contributed by atoms with E-state index in [4.69, 9.17) is 61.6 Å². The van der Waals surface area contributed by atoms with Crippen molar-refractivity contribution in [1.29, 1.82) is 0 Å². The van der Waals surface area contributed by atoms with Crippen LogP contribution in [-0.4, -0.2) is 167 Å². The third kappa shape index (κ3) is 10.5. The minimum atomic E-state index is -1.15. The second-order valence-electron chi connectivity index (χ2n) is 22.5. The van der Waals surface area contributed by atoms with E-state index in [9.17, 15) is 19.8 Å². The van der Waals surface area contributed by atoms with Gasteiger partial charge in [-0.1, -0.05) is 31.6 Å². The Morgan fingerprint density at radius 1 is 0.662 bits per heavy atom. The van der Waals surface area contributed by atoms with Crippen LogP contribution in [0.25, 0.3) is 0 Å². The zero-order valence-electron chi connectivity index (χ0n) is 44.6. The number of esters is 1. The monoisotopic (exact) mass is 1010 g/mol. The quantitative estimate of drug-likeness (QED) is 0.106. The molecule has 0 aromatic heterocycles. The number of hydrogen-bond donors (Lipinski definition) is 2. The van der Waals surface area contributed by atoms with Gasteiger partial charge >= 0.3 is 5.97 Å². The van der Waals surface area contributed by atoms with Crippen LogP contribution in [0.2, 0.25) is 0 Å². The number of hydrogen-bond acceptors (Lipinski definition) is 17. The average molecular weight is 1010 g/mol. The Bertz CT molecular complexity index is 1910. The van der Waals surface area contributed by atoms with Crippen LogP contribution in [0.15, 0.2) is 23.3 Å². The molecule has 24 atom stereocenters. The molecule has 4 heterocycles. The second-order valence-corrected chi connectivity index (χ2v) is 22.5. The van der Waals surface area contributed by atoms with E-state index in [2.05, 4.69) is 13.0 Å². The molecule has 8 rings (SSSR count). The lowest BCUT2D eigenvalue weighted by molar-refractivity contribution is -0.347. The van der Waals surface area contributed by atoms with Crippen LogP contribution in [0.3, 0.4) is 0 Å². The van der Waals surface area contributed by atoms with Crippen molar-refractivity contribution in [3.05, 3.63) is 23.3 Å². The average Bonchev–Trinajstić information content (AvgIpc) is 3.63. The number of aliphatic hydroxyl groups is 2.